The van der Waals surface area contributed by atoms with Crippen LogP contribution in [0.15, 0.2) is 12.1 Å². The molecule has 0 fully saturated rings. The highest BCUT2D eigenvalue weighted by Crippen LogP contribution is 2.34. The number of amides is 1. The predicted molar refractivity (Wildman–Crippen MR) is 81.3 cm³/mol. The largest absolute Gasteiger partial charge is 0.493 e. The van der Waals surface area contributed by atoms with Crippen molar-refractivity contribution in [1.82, 2.24) is 5.32 Å². The Bertz CT molecular complexity index is 517. The Morgan fingerprint density at radius 2 is 2.05 bits per heavy atom. The molecule has 1 N–H and O–H groups in total. The van der Waals surface area contributed by atoms with Crippen molar-refractivity contribution in [2.45, 2.75) is 26.9 Å². The summed E-state index contributed by atoms with van der Waals surface area (Å²) in [6.07, 6.45) is -0.139. The molecule has 1 aromatic rings. The van der Waals surface area contributed by atoms with Crippen molar-refractivity contribution < 1.29 is 19.1 Å². The smallest absolute Gasteiger partial charge is 0.260 e. The van der Waals surface area contributed by atoms with E-state index in [0.29, 0.717) is 29.5 Å². The van der Waals surface area contributed by atoms with E-state index in [2.05, 4.69) is 5.32 Å². The van der Waals surface area contributed by atoms with Crippen molar-refractivity contribution in [3.05, 3.63) is 22.7 Å². The molecule has 0 aliphatic carbocycles. The Hall–Kier alpha value is -1.75. The van der Waals surface area contributed by atoms with Crippen LogP contribution in [0, 0.1) is 5.92 Å². The summed E-state index contributed by atoms with van der Waals surface area (Å²) < 4.78 is 10.7. The number of hydrogen-bond donors (Lipinski definition) is 1. The summed E-state index contributed by atoms with van der Waals surface area (Å²) in [6.45, 7) is 6.17. The molecule has 1 atom stereocenters. The minimum Gasteiger partial charge on any atom is -0.493 e. The minimum absolute atomic E-state index is 0.212. The van der Waals surface area contributed by atoms with Crippen LogP contribution in [0.1, 0.15) is 31.1 Å². The number of aldehydes is 1. The molecule has 0 saturated carbocycles. The molecule has 0 aliphatic rings. The second-order valence-electron chi connectivity index (χ2n) is 5.04. The highest BCUT2D eigenvalue weighted by atomic mass is 35.5. The first kappa shape index (κ1) is 17.3. The Kier molecular flexibility index (Phi) is 6.49. The van der Waals surface area contributed by atoms with Crippen LogP contribution in [-0.2, 0) is 4.79 Å². The average Bonchev–Trinajstić information content (AvgIpc) is 2.45. The second-order valence-corrected chi connectivity index (χ2v) is 5.48. The molecule has 116 valence electrons. The molecule has 0 radical (unpaired) electrons. The Balaban J connectivity index is 2.91. The van der Waals surface area contributed by atoms with Gasteiger partial charge in [-0.25, -0.2) is 0 Å². The highest BCUT2D eigenvalue weighted by molar-refractivity contribution is 6.31. The fourth-order valence-electron chi connectivity index (χ4n) is 1.63. The molecule has 0 aromatic heterocycles. The molecule has 1 aromatic carbocycles. The molecule has 0 saturated heterocycles. The molecular formula is C15H20ClNO4. The number of methoxy groups -OCH3 is 1. The Morgan fingerprint density at radius 1 is 1.38 bits per heavy atom. The number of hydrogen-bond acceptors (Lipinski definition) is 4. The molecule has 0 spiro atoms. The van der Waals surface area contributed by atoms with Crippen molar-refractivity contribution >= 4 is 23.8 Å². The summed E-state index contributed by atoms with van der Waals surface area (Å²) in [5.41, 5.74) is 0.239. The van der Waals surface area contributed by atoms with Crippen LogP contribution in [0.3, 0.4) is 0 Å². The number of nitrogens with one attached hydrogen (secondary N) is 1. The number of rotatable bonds is 7. The average molecular weight is 314 g/mol. The van der Waals surface area contributed by atoms with Gasteiger partial charge in [0.25, 0.3) is 5.91 Å². The van der Waals surface area contributed by atoms with E-state index in [1.54, 1.807) is 6.92 Å². The van der Waals surface area contributed by atoms with Crippen molar-refractivity contribution in [1.29, 1.82) is 0 Å². The molecule has 0 aliphatic heterocycles. The SMILES string of the molecule is COc1cc(Cl)cc(C=O)c1OC(C)C(=O)NCC(C)C. The molecule has 6 heteroatoms. The molecule has 0 bridgehead atoms. The molecular weight excluding hydrogens is 294 g/mol. The van der Waals surface area contributed by atoms with Crippen LogP contribution in [0.25, 0.3) is 0 Å². The minimum atomic E-state index is -0.752. The van der Waals surface area contributed by atoms with E-state index in [0.717, 1.165) is 0 Å². The van der Waals surface area contributed by atoms with Gasteiger partial charge in [-0.2, -0.15) is 0 Å². The third-order valence-corrected chi connectivity index (χ3v) is 2.96. The topological polar surface area (TPSA) is 64.6 Å². The summed E-state index contributed by atoms with van der Waals surface area (Å²) >= 11 is 5.89. The van der Waals surface area contributed by atoms with Gasteiger partial charge in [-0.15, -0.1) is 0 Å². The maximum Gasteiger partial charge on any atom is 0.260 e. The van der Waals surface area contributed by atoms with E-state index in [-0.39, 0.29) is 17.2 Å². The zero-order chi connectivity index (χ0) is 16.0. The van der Waals surface area contributed by atoms with E-state index in [9.17, 15) is 9.59 Å². The molecule has 0 heterocycles. The van der Waals surface area contributed by atoms with Gasteiger partial charge in [0.15, 0.2) is 23.9 Å². The van der Waals surface area contributed by atoms with Crippen molar-refractivity contribution in [2.24, 2.45) is 5.92 Å². The lowest BCUT2D eigenvalue weighted by molar-refractivity contribution is -0.127. The lowest BCUT2D eigenvalue weighted by Crippen LogP contribution is -2.38. The van der Waals surface area contributed by atoms with Gasteiger partial charge in [0, 0.05) is 17.6 Å². The lowest BCUT2D eigenvalue weighted by Gasteiger charge is -2.18. The van der Waals surface area contributed by atoms with Crippen LogP contribution in [-0.4, -0.2) is 32.0 Å². The molecule has 1 rings (SSSR count). The summed E-state index contributed by atoms with van der Waals surface area (Å²) in [4.78, 5) is 23.0. The van der Waals surface area contributed by atoms with Crippen molar-refractivity contribution in [3.8, 4) is 11.5 Å². The summed E-state index contributed by atoms with van der Waals surface area (Å²) in [6, 6.07) is 2.99. The van der Waals surface area contributed by atoms with Gasteiger partial charge in [0.05, 0.1) is 12.7 Å². The van der Waals surface area contributed by atoms with Gasteiger partial charge >= 0.3 is 0 Å². The number of ether oxygens (including phenoxy) is 2. The second kappa shape index (κ2) is 7.88. The van der Waals surface area contributed by atoms with Gasteiger partial charge in [-0.3, -0.25) is 9.59 Å². The number of carbonyl (C=O) groups is 2. The third kappa shape index (κ3) is 4.93. The molecule has 1 unspecified atom stereocenters. The van der Waals surface area contributed by atoms with Crippen LogP contribution in [0.5, 0.6) is 11.5 Å². The first-order chi connectivity index (χ1) is 9.88. The van der Waals surface area contributed by atoms with Crippen LogP contribution in [0.2, 0.25) is 5.02 Å². The van der Waals surface area contributed by atoms with Crippen molar-refractivity contribution in [3.63, 3.8) is 0 Å². The fourth-order valence-corrected chi connectivity index (χ4v) is 1.85. The highest BCUT2D eigenvalue weighted by Gasteiger charge is 2.20. The van der Waals surface area contributed by atoms with Crippen LogP contribution >= 0.6 is 11.6 Å². The predicted octanol–water partition coefficient (Wildman–Crippen LogP) is 2.70. The van der Waals surface area contributed by atoms with E-state index in [1.807, 2.05) is 13.8 Å². The van der Waals surface area contributed by atoms with Crippen LogP contribution in [0.4, 0.5) is 0 Å². The first-order valence-electron chi connectivity index (χ1n) is 6.66. The standard InChI is InChI=1S/C15H20ClNO4/c1-9(2)7-17-15(19)10(3)21-14-11(8-18)5-12(16)6-13(14)20-4/h5-6,8-10H,7H2,1-4H3,(H,17,19). The number of halogens is 1. The van der Waals surface area contributed by atoms with Crippen molar-refractivity contribution in [2.75, 3.05) is 13.7 Å². The summed E-state index contributed by atoms with van der Waals surface area (Å²) in [5.74, 6) is 0.617. The zero-order valence-corrected chi connectivity index (χ0v) is 13.4. The molecule has 5 nitrogen and oxygen atoms in total. The molecule has 1 amide bonds. The maximum absolute atomic E-state index is 11.9. The maximum atomic E-state index is 11.9. The van der Waals surface area contributed by atoms with E-state index < -0.39 is 6.10 Å². The zero-order valence-electron chi connectivity index (χ0n) is 12.6. The Morgan fingerprint density at radius 3 is 2.57 bits per heavy atom. The number of benzene rings is 1. The van der Waals surface area contributed by atoms with Crippen LogP contribution < -0.4 is 14.8 Å². The molecule has 21 heavy (non-hydrogen) atoms. The van der Waals surface area contributed by atoms with E-state index >= 15 is 0 Å². The summed E-state index contributed by atoms with van der Waals surface area (Å²) in [5, 5.41) is 3.13. The third-order valence-electron chi connectivity index (χ3n) is 2.74. The lowest BCUT2D eigenvalue weighted by atomic mass is 10.2. The normalized spacial score (nSPS) is 11.9. The van der Waals surface area contributed by atoms with Gasteiger partial charge in [0.2, 0.25) is 0 Å². The summed E-state index contributed by atoms with van der Waals surface area (Å²) in [7, 11) is 1.44. The van der Waals surface area contributed by atoms with Gasteiger partial charge in [0.1, 0.15) is 0 Å². The van der Waals surface area contributed by atoms with Gasteiger partial charge in [-0.1, -0.05) is 25.4 Å². The monoisotopic (exact) mass is 313 g/mol. The van der Waals surface area contributed by atoms with Gasteiger partial charge < -0.3 is 14.8 Å². The van der Waals surface area contributed by atoms with E-state index in [4.69, 9.17) is 21.1 Å². The Labute approximate surface area is 129 Å². The first-order valence-corrected chi connectivity index (χ1v) is 7.03. The quantitative estimate of drug-likeness (QED) is 0.786. The fraction of sp³-hybridized carbons (Fsp3) is 0.467. The van der Waals surface area contributed by atoms with E-state index in [1.165, 1.54) is 19.2 Å². The number of carbonyl (C=O) groups excluding carboxylic acids is 2. The van der Waals surface area contributed by atoms with Gasteiger partial charge in [-0.05, 0) is 18.9 Å².